The molecule has 0 fully saturated rings. The molecule has 0 bridgehead atoms. The van der Waals surface area contributed by atoms with E-state index in [0.29, 0.717) is 11.3 Å². The number of nitrogens with one attached hydrogen (secondary N) is 1. The van der Waals surface area contributed by atoms with Gasteiger partial charge in [-0.3, -0.25) is 5.84 Å². The first-order valence-electron chi connectivity index (χ1n) is 6.43. The topological polar surface area (TPSA) is 56.5 Å². The summed E-state index contributed by atoms with van der Waals surface area (Å²) in [7, 11) is 3.13. The van der Waals surface area contributed by atoms with Crippen LogP contribution in [0, 0.1) is 5.82 Å². The molecule has 19 heavy (non-hydrogen) atoms. The fourth-order valence-corrected chi connectivity index (χ4v) is 2.46. The van der Waals surface area contributed by atoms with E-state index < -0.39 is 11.6 Å². The third kappa shape index (κ3) is 3.05. The van der Waals surface area contributed by atoms with E-state index in [1.807, 2.05) is 13.8 Å². The highest BCUT2D eigenvalue weighted by Gasteiger charge is 2.37. The molecule has 0 aliphatic heterocycles. The molecule has 108 valence electrons. The highest BCUT2D eigenvalue weighted by molar-refractivity contribution is 5.32. The van der Waals surface area contributed by atoms with Crippen LogP contribution in [0.3, 0.4) is 0 Å². The van der Waals surface area contributed by atoms with Crippen LogP contribution in [0.25, 0.3) is 0 Å². The van der Waals surface area contributed by atoms with Crippen LogP contribution in [0.2, 0.25) is 0 Å². The van der Waals surface area contributed by atoms with Crippen molar-refractivity contribution < 1.29 is 13.9 Å². The Balaban J connectivity index is 3.22. The normalized spacial score (nSPS) is 13.4. The summed E-state index contributed by atoms with van der Waals surface area (Å²) in [5.41, 5.74) is 2.63. The second kappa shape index (κ2) is 6.84. The number of nitrogens with two attached hydrogens (primary N) is 1. The van der Waals surface area contributed by atoms with Gasteiger partial charge in [0.25, 0.3) is 0 Å². The van der Waals surface area contributed by atoms with Crippen LogP contribution in [0.1, 0.15) is 38.3 Å². The maximum Gasteiger partial charge on any atom is 0.131 e. The molecule has 1 rings (SSSR count). The van der Waals surface area contributed by atoms with Gasteiger partial charge in [0.05, 0.1) is 18.8 Å². The lowest BCUT2D eigenvalue weighted by molar-refractivity contribution is -0.0495. The molecule has 0 aliphatic carbocycles. The summed E-state index contributed by atoms with van der Waals surface area (Å²) in [6.45, 7) is 4.00. The van der Waals surface area contributed by atoms with E-state index in [-0.39, 0.29) is 5.82 Å². The summed E-state index contributed by atoms with van der Waals surface area (Å²) < 4.78 is 24.8. The van der Waals surface area contributed by atoms with Crippen LogP contribution < -0.4 is 16.0 Å². The highest BCUT2D eigenvalue weighted by atomic mass is 19.1. The van der Waals surface area contributed by atoms with Gasteiger partial charge in [0, 0.05) is 18.7 Å². The maximum absolute atomic E-state index is 14.2. The van der Waals surface area contributed by atoms with E-state index in [0.717, 1.165) is 12.8 Å². The summed E-state index contributed by atoms with van der Waals surface area (Å²) in [5, 5.41) is 0. The van der Waals surface area contributed by atoms with Crippen LogP contribution in [0.4, 0.5) is 4.39 Å². The number of hydrogen-bond donors (Lipinski definition) is 2. The third-order valence-electron chi connectivity index (χ3n) is 3.81. The molecule has 0 saturated carbocycles. The predicted molar refractivity (Wildman–Crippen MR) is 73.3 cm³/mol. The first kappa shape index (κ1) is 15.9. The number of halogens is 1. The van der Waals surface area contributed by atoms with Crippen LogP contribution in [-0.2, 0) is 4.74 Å². The zero-order valence-electron chi connectivity index (χ0n) is 12.0. The summed E-state index contributed by atoms with van der Waals surface area (Å²) >= 11 is 0. The Morgan fingerprint density at radius 1 is 1.32 bits per heavy atom. The molecule has 1 aromatic carbocycles. The van der Waals surface area contributed by atoms with E-state index in [1.54, 1.807) is 19.2 Å². The number of ether oxygens (including phenoxy) is 2. The Morgan fingerprint density at radius 2 is 1.95 bits per heavy atom. The molecule has 0 amide bonds. The molecule has 5 heteroatoms. The fraction of sp³-hybridized carbons (Fsp3) is 0.571. The van der Waals surface area contributed by atoms with Gasteiger partial charge in [-0.25, -0.2) is 9.82 Å². The lowest BCUT2D eigenvalue weighted by Crippen LogP contribution is -2.47. The van der Waals surface area contributed by atoms with Gasteiger partial charge in [0.1, 0.15) is 11.6 Å². The molecule has 1 unspecified atom stereocenters. The second-order valence-electron chi connectivity index (χ2n) is 4.46. The molecular weight excluding hydrogens is 247 g/mol. The number of methoxy groups -OCH3 is 2. The van der Waals surface area contributed by atoms with E-state index in [2.05, 4.69) is 5.43 Å². The first-order chi connectivity index (χ1) is 9.08. The summed E-state index contributed by atoms with van der Waals surface area (Å²) in [6.07, 6.45) is 1.45. The summed E-state index contributed by atoms with van der Waals surface area (Å²) in [6, 6.07) is 4.33. The van der Waals surface area contributed by atoms with Gasteiger partial charge < -0.3 is 9.47 Å². The number of rotatable bonds is 7. The average Bonchev–Trinajstić information content (AvgIpc) is 2.45. The van der Waals surface area contributed by atoms with Crippen molar-refractivity contribution in [2.45, 2.75) is 38.3 Å². The van der Waals surface area contributed by atoms with Gasteiger partial charge in [0.2, 0.25) is 0 Å². The smallest absolute Gasteiger partial charge is 0.131 e. The van der Waals surface area contributed by atoms with E-state index in [4.69, 9.17) is 15.3 Å². The van der Waals surface area contributed by atoms with Crippen molar-refractivity contribution >= 4 is 0 Å². The van der Waals surface area contributed by atoms with E-state index in [1.165, 1.54) is 13.2 Å². The van der Waals surface area contributed by atoms with Gasteiger partial charge in [-0.05, 0) is 18.9 Å². The monoisotopic (exact) mass is 270 g/mol. The quantitative estimate of drug-likeness (QED) is 0.590. The highest BCUT2D eigenvalue weighted by Crippen LogP contribution is 2.36. The minimum absolute atomic E-state index is 0.356. The fourth-order valence-electron chi connectivity index (χ4n) is 2.46. The Morgan fingerprint density at radius 3 is 2.32 bits per heavy atom. The molecule has 0 radical (unpaired) electrons. The van der Waals surface area contributed by atoms with Crippen LogP contribution in [0.15, 0.2) is 18.2 Å². The van der Waals surface area contributed by atoms with Crippen LogP contribution in [-0.4, -0.2) is 19.8 Å². The van der Waals surface area contributed by atoms with Crippen molar-refractivity contribution in [2.75, 3.05) is 14.2 Å². The molecule has 3 N–H and O–H groups in total. The summed E-state index contributed by atoms with van der Waals surface area (Å²) in [5.74, 6) is 5.75. The minimum Gasteiger partial charge on any atom is -0.497 e. The van der Waals surface area contributed by atoms with Crippen molar-refractivity contribution in [2.24, 2.45) is 5.84 Å². The summed E-state index contributed by atoms with van der Waals surface area (Å²) in [4.78, 5) is 0. The second-order valence-corrected chi connectivity index (χ2v) is 4.46. The number of hydrazine groups is 1. The number of hydrogen-bond acceptors (Lipinski definition) is 4. The lowest BCUT2D eigenvalue weighted by atomic mass is 9.84. The standard InChI is InChI=1S/C14H23FN2O2/c1-5-14(6-2,19-4)13(17-16)11-8-7-10(18-3)9-12(11)15/h7-9,13,17H,5-6,16H2,1-4H3. The molecule has 1 aromatic rings. The Kier molecular flexibility index (Phi) is 5.72. The number of benzene rings is 1. The van der Waals surface area contributed by atoms with E-state index >= 15 is 0 Å². The Hall–Kier alpha value is -1.17. The molecule has 1 atom stereocenters. The Bertz CT molecular complexity index is 400. The van der Waals surface area contributed by atoms with Gasteiger partial charge >= 0.3 is 0 Å². The minimum atomic E-state index is -0.538. The zero-order chi connectivity index (χ0) is 14.5. The third-order valence-corrected chi connectivity index (χ3v) is 3.81. The lowest BCUT2D eigenvalue weighted by Gasteiger charge is -2.38. The van der Waals surface area contributed by atoms with Crippen LogP contribution >= 0.6 is 0 Å². The van der Waals surface area contributed by atoms with Crippen molar-refractivity contribution in [1.29, 1.82) is 0 Å². The van der Waals surface area contributed by atoms with Gasteiger partial charge in [-0.1, -0.05) is 19.9 Å². The molecule has 0 aromatic heterocycles. The van der Waals surface area contributed by atoms with Crippen molar-refractivity contribution in [3.8, 4) is 5.75 Å². The SMILES string of the molecule is CCC(CC)(OC)C(NN)c1ccc(OC)cc1F. The van der Waals surface area contributed by atoms with Gasteiger partial charge in [0.15, 0.2) is 0 Å². The first-order valence-corrected chi connectivity index (χ1v) is 6.43. The average molecular weight is 270 g/mol. The van der Waals surface area contributed by atoms with Crippen molar-refractivity contribution in [3.05, 3.63) is 29.6 Å². The Labute approximate surface area is 114 Å². The molecule has 0 saturated heterocycles. The van der Waals surface area contributed by atoms with Gasteiger partial charge in [-0.15, -0.1) is 0 Å². The van der Waals surface area contributed by atoms with Gasteiger partial charge in [-0.2, -0.15) is 0 Å². The van der Waals surface area contributed by atoms with Crippen molar-refractivity contribution in [1.82, 2.24) is 5.43 Å². The largest absolute Gasteiger partial charge is 0.497 e. The maximum atomic E-state index is 14.2. The molecule has 0 spiro atoms. The molecule has 0 heterocycles. The molecular formula is C14H23FN2O2. The van der Waals surface area contributed by atoms with Crippen molar-refractivity contribution in [3.63, 3.8) is 0 Å². The molecule has 0 aliphatic rings. The van der Waals surface area contributed by atoms with E-state index in [9.17, 15) is 4.39 Å². The van der Waals surface area contributed by atoms with Crippen LogP contribution in [0.5, 0.6) is 5.75 Å². The molecule has 4 nitrogen and oxygen atoms in total. The zero-order valence-corrected chi connectivity index (χ0v) is 12.0. The predicted octanol–water partition coefficient (Wildman–Crippen LogP) is 2.54.